The van der Waals surface area contributed by atoms with Gasteiger partial charge < -0.3 is 10.1 Å². The number of carbonyl (C=O) groups excluding carboxylic acids is 1. The van der Waals surface area contributed by atoms with Crippen molar-refractivity contribution in [2.75, 3.05) is 12.4 Å². The number of aryl methyl sites for hydroxylation is 2. The summed E-state index contributed by atoms with van der Waals surface area (Å²) in [6, 6.07) is 1.79. The number of carbonyl (C=O) groups is 1. The summed E-state index contributed by atoms with van der Waals surface area (Å²) in [7, 11) is 1.49. The van der Waals surface area contributed by atoms with E-state index in [9.17, 15) is 4.79 Å². The number of ether oxygens (including phenoxy) is 1. The highest BCUT2D eigenvalue weighted by Crippen LogP contribution is 2.32. The highest BCUT2D eigenvalue weighted by atomic mass is 35.5. The Hall–Kier alpha value is -1.37. The van der Waals surface area contributed by atoms with Crippen molar-refractivity contribution in [3.63, 3.8) is 0 Å². The summed E-state index contributed by atoms with van der Waals surface area (Å²) in [5.41, 5.74) is 2.09. The van der Waals surface area contributed by atoms with Crippen LogP contribution < -0.4 is 10.1 Å². The van der Waals surface area contributed by atoms with Crippen molar-refractivity contribution in [2.24, 2.45) is 0 Å². The number of hydrogen-bond donors (Lipinski definition) is 1. The summed E-state index contributed by atoms with van der Waals surface area (Å²) >= 11 is 12.9. The Balaban J connectivity index is 2.31. The van der Waals surface area contributed by atoms with Crippen LogP contribution in [0, 0.1) is 13.8 Å². The van der Waals surface area contributed by atoms with E-state index in [0.29, 0.717) is 31.3 Å². The summed E-state index contributed by atoms with van der Waals surface area (Å²) in [5.74, 6) is -0.349. The largest absolute Gasteiger partial charge is 0.467 e. The van der Waals surface area contributed by atoms with Crippen LogP contribution in [-0.4, -0.2) is 23.0 Å². The van der Waals surface area contributed by atoms with E-state index in [2.05, 4.69) is 15.3 Å². The summed E-state index contributed by atoms with van der Waals surface area (Å²) < 4.78 is 5.77. The van der Waals surface area contributed by atoms with Gasteiger partial charge in [-0.25, -0.2) is 0 Å². The lowest BCUT2D eigenvalue weighted by Gasteiger charge is -2.11. The predicted octanol–water partition coefficient (Wildman–Crippen LogP) is 3.72. The molecule has 2 aromatic heterocycles. The third-order valence-corrected chi connectivity index (χ3v) is 4.06. The topological polar surface area (TPSA) is 64.1 Å². The molecule has 1 N–H and O–H groups in total. The van der Waals surface area contributed by atoms with Crippen molar-refractivity contribution < 1.29 is 9.53 Å². The zero-order valence-electron chi connectivity index (χ0n) is 11.0. The Labute approximate surface area is 129 Å². The second-order valence-electron chi connectivity index (χ2n) is 3.95. The molecule has 0 saturated heterocycles. The van der Waals surface area contributed by atoms with E-state index in [1.54, 1.807) is 13.8 Å². The lowest BCUT2D eigenvalue weighted by atomic mass is 10.2. The van der Waals surface area contributed by atoms with Crippen LogP contribution in [0.2, 0.25) is 8.67 Å². The number of methoxy groups -OCH3 is 1. The third kappa shape index (κ3) is 3.03. The number of nitrogens with zero attached hydrogens (tertiary/aromatic N) is 2. The molecule has 0 spiro atoms. The SMILES string of the molecule is COc1nc(C)c(NC(=O)c2cc(Cl)sc2Cl)c(C)n1. The average molecular weight is 332 g/mol. The molecule has 0 aliphatic carbocycles. The molecule has 0 aliphatic heterocycles. The van der Waals surface area contributed by atoms with Crippen molar-refractivity contribution in [1.82, 2.24) is 9.97 Å². The van der Waals surface area contributed by atoms with Crippen LogP contribution >= 0.6 is 34.5 Å². The molecule has 106 valence electrons. The number of amides is 1. The quantitative estimate of drug-likeness (QED) is 0.930. The normalized spacial score (nSPS) is 10.4. The van der Waals surface area contributed by atoms with Crippen molar-refractivity contribution >= 4 is 46.1 Å². The van der Waals surface area contributed by atoms with Crippen molar-refractivity contribution in [2.45, 2.75) is 13.8 Å². The Morgan fingerprint density at radius 1 is 1.30 bits per heavy atom. The maximum Gasteiger partial charge on any atom is 0.316 e. The number of nitrogens with one attached hydrogen (secondary N) is 1. The number of hydrogen-bond acceptors (Lipinski definition) is 5. The first kappa shape index (κ1) is 15.0. The zero-order chi connectivity index (χ0) is 14.9. The number of rotatable bonds is 3. The molecule has 0 unspecified atom stereocenters. The molecule has 2 aromatic rings. The van der Waals surface area contributed by atoms with Crippen LogP contribution in [0.5, 0.6) is 6.01 Å². The molecule has 0 atom stereocenters. The van der Waals surface area contributed by atoms with E-state index >= 15 is 0 Å². The molecule has 5 nitrogen and oxygen atoms in total. The summed E-state index contributed by atoms with van der Waals surface area (Å²) in [6.45, 7) is 3.52. The smallest absolute Gasteiger partial charge is 0.316 e. The summed E-state index contributed by atoms with van der Waals surface area (Å²) in [6.07, 6.45) is 0. The van der Waals surface area contributed by atoms with E-state index in [0.717, 1.165) is 11.3 Å². The maximum absolute atomic E-state index is 12.2. The number of anilines is 1. The fraction of sp³-hybridized carbons (Fsp3) is 0.250. The lowest BCUT2D eigenvalue weighted by molar-refractivity contribution is 0.102. The van der Waals surface area contributed by atoms with Crippen LogP contribution in [0.1, 0.15) is 21.7 Å². The van der Waals surface area contributed by atoms with Crippen molar-refractivity contribution in [3.05, 3.63) is 31.7 Å². The van der Waals surface area contributed by atoms with Crippen LogP contribution in [-0.2, 0) is 0 Å². The minimum atomic E-state index is -0.349. The average Bonchev–Trinajstić information content (AvgIpc) is 2.72. The van der Waals surface area contributed by atoms with Gasteiger partial charge in [-0.1, -0.05) is 23.2 Å². The first-order valence-corrected chi connectivity index (χ1v) is 7.15. The number of halogens is 2. The molecule has 0 radical (unpaired) electrons. The molecule has 2 rings (SSSR count). The van der Waals surface area contributed by atoms with Crippen molar-refractivity contribution in [3.8, 4) is 6.01 Å². The van der Waals surface area contributed by atoms with Crippen LogP contribution in [0.25, 0.3) is 0 Å². The monoisotopic (exact) mass is 331 g/mol. The standard InChI is InChI=1S/C12H11Cl2N3O2S/c1-5-9(6(2)16-12(15-5)19-3)17-11(18)7-4-8(13)20-10(7)14/h4H,1-3H3,(H,17,18). The molecule has 0 bridgehead atoms. The van der Waals surface area contributed by atoms with E-state index < -0.39 is 0 Å². The molecule has 0 fully saturated rings. The van der Waals surface area contributed by atoms with E-state index in [4.69, 9.17) is 27.9 Å². The van der Waals surface area contributed by atoms with Gasteiger partial charge in [0, 0.05) is 0 Å². The molecule has 2 heterocycles. The van der Waals surface area contributed by atoms with Gasteiger partial charge in [-0.05, 0) is 19.9 Å². The van der Waals surface area contributed by atoms with E-state index in [1.165, 1.54) is 13.2 Å². The number of aromatic nitrogens is 2. The number of thiophene rings is 1. The maximum atomic E-state index is 12.2. The second-order valence-corrected chi connectivity index (χ2v) is 6.23. The first-order valence-electron chi connectivity index (χ1n) is 5.57. The molecule has 20 heavy (non-hydrogen) atoms. The minimum Gasteiger partial charge on any atom is -0.467 e. The van der Waals surface area contributed by atoms with Gasteiger partial charge in [-0.2, -0.15) is 9.97 Å². The Bertz CT molecular complexity index is 650. The van der Waals surface area contributed by atoms with Crippen molar-refractivity contribution in [1.29, 1.82) is 0 Å². The van der Waals surface area contributed by atoms with Gasteiger partial charge in [0.25, 0.3) is 5.91 Å². The first-order chi connectivity index (χ1) is 9.42. The predicted molar refractivity (Wildman–Crippen MR) is 80.4 cm³/mol. The summed E-state index contributed by atoms with van der Waals surface area (Å²) in [4.78, 5) is 20.4. The molecule has 0 aromatic carbocycles. The summed E-state index contributed by atoms with van der Waals surface area (Å²) in [5, 5.41) is 2.74. The Morgan fingerprint density at radius 3 is 2.35 bits per heavy atom. The fourth-order valence-electron chi connectivity index (χ4n) is 1.63. The molecular weight excluding hydrogens is 321 g/mol. The Morgan fingerprint density at radius 2 is 1.90 bits per heavy atom. The van der Waals surface area contributed by atoms with Crippen LogP contribution in [0.3, 0.4) is 0 Å². The van der Waals surface area contributed by atoms with Gasteiger partial charge in [0.05, 0.1) is 34.1 Å². The molecular formula is C12H11Cl2N3O2S. The third-order valence-electron chi connectivity index (χ3n) is 2.57. The molecule has 0 saturated carbocycles. The van der Waals surface area contributed by atoms with Crippen LogP contribution in [0.4, 0.5) is 5.69 Å². The van der Waals surface area contributed by atoms with Gasteiger partial charge in [0.1, 0.15) is 4.34 Å². The fourth-order valence-corrected chi connectivity index (χ4v) is 3.09. The minimum absolute atomic E-state index is 0.259. The Kier molecular flexibility index (Phi) is 4.47. The molecule has 1 amide bonds. The molecule has 0 aliphatic rings. The highest BCUT2D eigenvalue weighted by Gasteiger charge is 2.17. The second kappa shape index (κ2) is 5.95. The van der Waals surface area contributed by atoms with Gasteiger partial charge in [-0.3, -0.25) is 4.79 Å². The van der Waals surface area contributed by atoms with Crippen LogP contribution in [0.15, 0.2) is 6.07 Å². The van der Waals surface area contributed by atoms with E-state index in [-0.39, 0.29) is 11.9 Å². The van der Waals surface area contributed by atoms with E-state index in [1.807, 2.05) is 0 Å². The van der Waals surface area contributed by atoms with Gasteiger partial charge in [0.15, 0.2) is 0 Å². The van der Waals surface area contributed by atoms with Gasteiger partial charge in [0.2, 0.25) is 0 Å². The molecule has 8 heteroatoms. The van der Waals surface area contributed by atoms with Gasteiger partial charge in [-0.15, -0.1) is 11.3 Å². The van der Waals surface area contributed by atoms with Gasteiger partial charge >= 0.3 is 6.01 Å². The zero-order valence-corrected chi connectivity index (χ0v) is 13.3. The highest BCUT2D eigenvalue weighted by molar-refractivity contribution is 7.20. The lowest BCUT2D eigenvalue weighted by Crippen LogP contribution is -2.15.